The lowest BCUT2D eigenvalue weighted by molar-refractivity contribution is -0.283. The van der Waals surface area contributed by atoms with Crippen LogP contribution in [-0.4, -0.2) is 48.1 Å². The Bertz CT molecular complexity index is 619. The van der Waals surface area contributed by atoms with Gasteiger partial charge in [-0.3, -0.25) is 9.59 Å². The molecular formula is C19H28O6. The zero-order valence-corrected chi connectivity index (χ0v) is 15.7. The molecule has 6 heteroatoms. The van der Waals surface area contributed by atoms with Gasteiger partial charge in [-0.1, -0.05) is 6.92 Å². The van der Waals surface area contributed by atoms with E-state index in [2.05, 4.69) is 20.8 Å². The van der Waals surface area contributed by atoms with E-state index in [0.29, 0.717) is 5.92 Å². The predicted octanol–water partition coefficient (Wildman–Crippen LogP) is 2.23. The van der Waals surface area contributed by atoms with Crippen molar-refractivity contribution in [3.05, 3.63) is 0 Å². The standard InChI is InChI=1S/C19H28O6/c1-10-14(23-12(3)21)15-16(24-15)18(5)19(10)7-6-13(8-19)17(4,25-18)9-22-11(2)20/h10,13-16H,6-9H2,1-5H3/t10-,13+,14-,15-,16-,17+,18+,19-/m0/s1. The maximum atomic E-state index is 11.6. The summed E-state index contributed by atoms with van der Waals surface area (Å²) in [5.41, 5.74) is -1.01. The van der Waals surface area contributed by atoms with Gasteiger partial charge < -0.3 is 18.9 Å². The second-order valence-corrected chi connectivity index (χ2v) is 8.78. The number of epoxide rings is 1. The van der Waals surface area contributed by atoms with Crippen molar-refractivity contribution in [1.29, 1.82) is 0 Å². The normalized spacial score (nSPS) is 52.8. The molecule has 0 amide bonds. The van der Waals surface area contributed by atoms with E-state index in [9.17, 15) is 9.59 Å². The summed E-state index contributed by atoms with van der Waals surface area (Å²) in [5.74, 6) is -0.0292. The second kappa shape index (κ2) is 5.19. The van der Waals surface area contributed by atoms with Crippen molar-refractivity contribution in [2.24, 2.45) is 17.3 Å². The fraction of sp³-hybridized carbons (Fsp3) is 0.895. The minimum atomic E-state index is -0.495. The number of carbonyl (C=O) groups is 2. The van der Waals surface area contributed by atoms with Gasteiger partial charge in [0.15, 0.2) is 0 Å². The summed E-state index contributed by atoms with van der Waals surface area (Å²) in [7, 11) is 0. The Balaban J connectivity index is 1.66. The minimum Gasteiger partial charge on any atom is -0.463 e. The Morgan fingerprint density at radius 1 is 1.20 bits per heavy atom. The van der Waals surface area contributed by atoms with E-state index in [4.69, 9.17) is 18.9 Å². The number of fused-ring (bicyclic) bond motifs is 3. The molecule has 8 atom stereocenters. The van der Waals surface area contributed by atoms with Crippen LogP contribution in [0.4, 0.5) is 0 Å². The zero-order valence-electron chi connectivity index (χ0n) is 15.7. The number of rotatable bonds is 3. The van der Waals surface area contributed by atoms with Gasteiger partial charge in [-0.2, -0.15) is 0 Å². The first-order valence-corrected chi connectivity index (χ1v) is 9.29. The Morgan fingerprint density at radius 2 is 1.92 bits per heavy atom. The van der Waals surface area contributed by atoms with Gasteiger partial charge in [-0.15, -0.1) is 0 Å². The third-order valence-corrected chi connectivity index (χ3v) is 7.47. The molecule has 4 aliphatic rings. The van der Waals surface area contributed by atoms with Gasteiger partial charge in [0.05, 0.1) is 0 Å². The van der Waals surface area contributed by atoms with Crippen molar-refractivity contribution in [1.82, 2.24) is 0 Å². The summed E-state index contributed by atoms with van der Waals surface area (Å²) < 4.78 is 23.7. The third-order valence-electron chi connectivity index (χ3n) is 7.47. The number of carbonyl (C=O) groups excluding carboxylic acids is 2. The van der Waals surface area contributed by atoms with Crippen LogP contribution in [-0.2, 0) is 28.5 Å². The highest BCUT2D eigenvalue weighted by atomic mass is 16.7. The van der Waals surface area contributed by atoms with Crippen LogP contribution in [0.1, 0.15) is 53.9 Å². The first-order valence-electron chi connectivity index (χ1n) is 9.29. The van der Waals surface area contributed by atoms with Gasteiger partial charge in [0.25, 0.3) is 0 Å². The first-order chi connectivity index (χ1) is 11.6. The van der Waals surface area contributed by atoms with E-state index in [0.717, 1.165) is 19.3 Å². The predicted molar refractivity (Wildman–Crippen MR) is 87.7 cm³/mol. The smallest absolute Gasteiger partial charge is 0.303 e. The summed E-state index contributed by atoms with van der Waals surface area (Å²) in [6.07, 6.45) is 2.69. The van der Waals surface area contributed by atoms with Crippen LogP contribution in [0.2, 0.25) is 0 Å². The molecule has 0 aromatic heterocycles. The molecule has 140 valence electrons. The molecule has 4 rings (SSSR count). The number of hydrogen-bond acceptors (Lipinski definition) is 6. The topological polar surface area (TPSA) is 74.4 Å². The lowest BCUT2D eigenvalue weighted by Gasteiger charge is -2.59. The Kier molecular flexibility index (Phi) is 3.59. The van der Waals surface area contributed by atoms with Gasteiger partial charge in [0.2, 0.25) is 0 Å². The number of hydrogen-bond donors (Lipinski definition) is 0. The maximum absolute atomic E-state index is 11.6. The van der Waals surface area contributed by atoms with E-state index in [1.165, 1.54) is 13.8 Å². The molecule has 0 aromatic carbocycles. The van der Waals surface area contributed by atoms with Crippen LogP contribution in [0, 0.1) is 17.3 Å². The molecule has 25 heavy (non-hydrogen) atoms. The van der Waals surface area contributed by atoms with Crippen molar-refractivity contribution in [2.75, 3.05) is 6.61 Å². The summed E-state index contributed by atoms with van der Waals surface area (Å²) in [6.45, 7) is 9.54. The lowest BCUT2D eigenvalue weighted by Crippen LogP contribution is -2.68. The van der Waals surface area contributed by atoms with Crippen LogP contribution >= 0.6 is 0 Å². The zero-order chi connectivity index (χ0) is 18.2. The minimum absolute atomic E-state index is 0.0643. The molecule has 2 aliphatic carbocycles. The van der Waals surface area contributed by atoms with Gasteiger partial charge in [0.1, 0.15) is 36.1 Å². The monoisotopic (exact) mass is 352 g/mol. The fourth-order valence-electron chi connectivity index (χ4n) is 6.09. The molecule has 0 unspecified atom stereocenters. The van der Waals surface area contributed by atoms with Gasteiger partial charge in [0, 0.05) is 25.2 Å². The third kappa shape index (κ3) is 2.23. The van der Waals surface area contributed by atoms with Crippen molar-refractivity contribution in [3.63, 3.8) is 0 Å². The summed E-state index contributed by atoms with van der Waals surface area (Å²) in [4.78, 5) is 22.9. The molecular weight excluding hydrogens is 324 g/mol. The van der Waals surface area contributed by atoms with E-state index >= 15 is 0 Å². The summed E-state index contributed by atoms with van der Waals surface area (Å²) in [6, 6.07) is 0. The van der Waals surface area contributed by atoms with Crippen molar-refractivity contribution < 1.29 is 28.5 Å². The quantitative estimate of drug-likeness (QED) is 0.573. The molecule has 0 aromatic rings. The molecule has 2 heterocycles. The second-order valence-electron chi connectivity index (χ2n) is 8.78. The average Bonchev–Trinajstić information content (AvgIpc) is 3.21. The molecule has 6 nitrogen and oxygen atoms in total. The molecule has 1 spiro atoms. The van der Waals surface area contributed by atoms with Crippen LogP contribution < -0.4 is 0 Å². The highest BCUT2D eigenvalue weighted by molar-refractivity contribution is 5.66. The Hall–Kier alpha value is -1.14. The molecule has 2 bridgehead atoms. The van der Waals surface area contributed by atoms with E-state index in [-0.39, 0.29) is 48.2 Å². The Labute approximate surface area is 148 Å². The Morgan fingerprint density at radius 3 is 2.56 bits per heavy atom. The number of esters is 2. The molecule has 2 saturated heterocycles. The van der Waals surface area contributed by atoms with E-state index in [1.54, 1.807) is 0 Å². The average molecular weight is 352 g/mol. The lowest BCUT2D eigenvalue weighted by atomic mass is 9.54. The van der Waals surface area contributed by atoms with Crippen LogP contribution in [0.3, 0.4) is 0 Å². The summed E-state index contributed by atoms with van der Waals surface area (Å²) >= 11 is 0. The number of ether oxygens (including phenoxy) is 4. The van der Waals surface area contributed by atoms with Gasteiger partial charge in [-0.05, 0) is 39.0 Å². The van der Waals surface area contributed by atoms with Crippen LogP contribution in [0.5, 0.6) is 0 Å². The summed E-state index contributed by atoms with van der Waals surface area (Å²) in [5, 5.41) is 0. The van der Waals surface area contributed by atoms with Crippen LogP contribution in [0.25, 0.3) is 0 Å². The molecule has 2 aliphatic heterocycles. The van der Waals surface area contributed by atoms with Crippen LogP contribution in [0.15, 0.2) is 0 Å². The highest BCUT2D eigenvalue weighted by Crippen LogP contribution is 2.70. The van der Waals surface area contributed by atoms with Gasteiger partial charge >= 0.3 is 11.9 Å². The fourth-order valence-corrected chi connectivity index (χ4v) is 6.09. The van der Waals surface area contributed by atoms with Gasteiger partial charge in [-0.25, -0.2) is 0 Å². The van der Waals surface area contributed by atoms with Crippen molar-refractivity contribution in [3.8, 4) is 0 Å². The molecule has 0 radical (unpaired) electrons. The molecule has 0 N–H and O–H groups in total. The largest absolute Gasteiger partial charge is 0.463 e. The maximum Gasteiger partial charge on any atom is 0.303 e. The molecule has 4 fully saturated rings. The van der Waals surface area contributed by atoms with E-state index in [1.807, 2.05) is 0 Å². The van der Waals surface area contributed by atoms with E-state index < -0.39 is 11.2 Å². The SMILES string of the molecule is CC(=O)OC[C@@]1(C)O[C@]2(C)[C@H]3O[C@H]3[C@@H](OC(C)=O)[C@H](C)[C@@]23CC[C@@H]1C3. The van der Waals surface area contributed by atoms with Crippen molar-refractivity contribution in [2.45, 2.75) is 83.4 Å². The highest BCUT2D eigenvalue weighted by Gasteiger charge is 2.78. The van der Waals surface area contributed by atoms with Crippen molar-refractivity contribution >= 4 is 11.9 Å². The first kappa shape index (κ1) is 17.3. The molecule has 2 saturated carbocycles.